The lowest BCUT2D eigenvalue weighted by Crippen LogP contribution is -2.34. The molecule has 0 aliphatic rings. The van der Waals surface area contributed by atoms with Crippen molar-refractivity contribution in [3.05, 3.63) is 88.9 Å². The van der Waals surface area contributed by atoms with Gasteiger partial charge in [-0.25, -0.2) is 4.98 Å². The van der Waals surface area contributed by atoms with Gasteiger partial charge in [0.15, 0.2) is 10.2 Å². The molecule has 0 aliphatic heterocycles. The number of benzene rings is 3. The van der Waals surface area contributed by atoms with Crippen molar-refractivity contribution in [2.75, 3.05) is 5.32 Å². The van der Waals surface area contributed by atoms with E-state index in [0.29, 0.717) is 28.1 Å². The summed E-state index contributed by atoms with van der Waals surface area (Å²) >= 11 is 12.7. The third kappa shape index (κ3) is 5.13. The summed E-state index contributed by atoms with van der Waals surface area (Å²) in [6, 6.07) is 22.2. The molecule has 0 bridgehead atoms. The molecule has 150 valence electrons. The number of amides is 1. The van der Waals surface area contributed by atoms with Crippen LogP contribution in [-0.2, 0) is 6.61 Å². The van der Waals surface area contributed by atoms with Crippen molar-refractivity contribution in [2.24, 2.45) is 0 Å². The average Bonchev–Trinajstić information content (AvgIpc) is 3.14. The van der Waals surface area contributed by atoms with Crippen molar-refractivity contribution in [1.82, 2.24) is 10.3 Å². The van der Waals surface area contributed by atoms with E-state index in [1.54, 1.807) is 24.3 Å². The zero-order valence-electron chi connectivity index (χ0n) is 15.6. The molecule has 0 fully saturated rings. The number of carbonyl (C=O) groups excluding carboxylic acids is 1. The highest BCUT2D eigenvalue weighted by molar-refractivity contribution is 7.80. The van der Waals surface area contributed by atoms with E-state index < -0.39 is 0 Å². The number of ether oxygens (including phenoxy) is 1. The first-order valence-electron chi connectivity index (χ1n) is 9.02. The van der Waals surface area contributed by atoms with Gasteiger partial charge < -0.3 is 10.1 Å². The molecule has 1 amide bonds. The summed E-state index contributed by atoms with van der Waals surface area (Å²) in [5, 5.41) is 7.00. The Hall–Kier alpha value is -3.00. The third-order valence-corrected chi connectivity index (χ3v) is 5.52. The zero-order valence-corrected chi connectivity index (χ0v) is 18.0. The van der Waals surface area contributed by atoms with Crippen LogP contribution in [0.5, 0.6) is 5.75 Å². The van der Waals surface area contributed by atoms with Gasteiger partial charge in [-0.2, -0.15) is 0 Å². The number of nitrogens with zero attached hydrogens (tertiary/aromatic N) is 1. The molecule has 0 unspecified atom stereocenters. The van der Waals surface area contributed by atoms with Gasteiger partial charge in [-0.15, -0.1) is 0 Å². The molecule has 4 rings (SSSR count). The number of hydrogen-bond donors (Lipinski definition) is 2. The second-order valence-electron chi connectivity index (χ2n) is 6.34. The lowest BCUT2D eigenvalue weighted by atomic mass is 10.2. The van der Waals surface area contributed by atoms with Gasteiger partial charge in [-0.3, -0.25) is 10.1 Å². The Kier molecular flexibility index (Phi) is 6.23. The summed E-state index contributed by atoms with van der Waals surface area (Å²) in [4.78, 5) is 17.0. The highest BCUT2D eigenvalue weighted by atomic mass is 35.5. The molecule has 0 radical (unpaired) electrons. The van der Waals surface area contributed by atoms with Crippen LogP contribution in [0.1, 0.15) is 15.9 Å². The van der Waals surface area contributed by atoms with Crippen molar-refractivity contribution >= 4 is 61.5 Å². The predicted octanol–water partition coefficient (Wildman–Crippen LogP) is 5.66. The van der Waals surface area contributed by atoms with Crippen molar-refractivity contribution in [3.63, 3.8) is 0 Å². The molecule has 0 atom stereocenters. The molecule has 0 saturated carbocycles. The smallest absolute Gasteiger partial charge is 0.257 e. The summed E-state index contributed by atoms with van der Waals surface area (Å²) in [6.07, 6.45) is 0. The molecular formula is C22H16ClN3O2S2. The Labute approximate surface area is 187 Å². The van der Waals surface area contributed by atoms with Crippen molar-refractivity contribution < 1.29 is 9.53 Å². The average molecular weight is 454 g/mol. The van der Waals surface area contributed by atoms with Crippen LogP contribution in [0.25, 0.3) is 10.2 Å². The van der Waals surface area contributed by atoms with Crippen LogP contribution >= 0.6 is 35.2 Å². The van der Waals surface area contributed by atoms with Crippen LogP contribution in [0.2, 0.25) is 5.02 Å². The predicted molar refractivity (Wildman–Crippen MR) is 126 cm³/mol. The number of thiazole rings is 1. The molecule has 1 aromatic heterocycles. The van der Waals surface area contributed by atoms with Crippen molar-refractivity contribution in [1.29, 1.82) is 0 Å². The van der Waals surface area contributed by atoms with Gasteiger partial charge in [0.25, 0.3) is 5.91 Å². The fraction of sp³-hybridized carbons (Fsp3) is 0.0455. The first kappa shape index (κ1) is 20.3. The number of fused-ring (bicyclic) bond motifs is 1. The third-order valence-electron chi connectivity index (χ3n) is 4.14. The number of hydrogen-bond acceptors (Lipinski definition) is 5. The molecule has 30 heavy (non-hydrogen) atoms. The number of halogens is 1. The molecule has 0 aliphatic carbocycles. The molecule has 0 saturated heterocycles. The number of carbonyl (C=O) groups is 1. The molecule has 5 nitrogen and oxygen atoms in total. The Balaban J connectivity index is 1.37. The van der Waals surface area contributed by atoms with Gasteiger partial charge >= 0.3 is 0 Å². The Morgan fingerprint density at radius 3 is 2.73 bits per heavy atom. The Morgan fingerprint density at radius 1 is 1.07 bits per heavy atom. The standard InChI is InChI=1S/C22H16ClN3O2S2/c23-16-9-10-18-19(12-16)30-22(24-18)26-21(29)25-20(27)15-7-4-8-17(11-15)28-13-14-5-2-1-3-6-14/h1-12H,13H2,(H2,24,25,26,27,29). The van der Waals surface area contributed by atoms with E-state index in [1.165, 1.54) is 11.3 Å². The maximum atomic E-state index is 12.6. The molecular weight excluding hydrogens is 438 g/mol. The largest absolute Gasteiger partial charge is 0.489 e. The van der Waals surface area contributed by atoms with Gasteiger partial charge in [0.2, 0.25) is 0 Å². The second kappa shape index (κ2) is 9.21. The lowest BCUT2D eigenvalue weighted by molar-refractivity contribution is 0.0977. The monoisotopic (exact) mass is 453 g/mol. The fourth-order valence-electron chi connectivity index (χ4n) is 2.72. The minimum absolute atomic E-state index is 0.167. The molecule has 3 aromatic carbocycles. The Morgan fingerprint density at radius 2 is 1.90 bits per heavy atom. The minimum Gasteiger partial charge on any atom is -0.489 e. The first-order chi connectivity index (χ1) is 14.6. The maximum absolute atomic E-state index is 12.6. The van der Waals surface area contributed by atoms with Crippen molar-refractivity contribution in [2.45, 2.75) is 6.61 Å². The van der Waals surface area contributed by atoms with Crippen LogP contribution < -0.4 is 15.4 Å². The van der Waals surface area contributed by atoms with Gasteiger partial charge in [0, 0.05) is 10.6 Å². The maximum Gasteiger partial charge on any atom is 0.257 e. The summed E-state index contributed by atoms with van der Waals surface area (Å²) in [7, 11) is 0. The molecule has 1 heterocycles. The number of anilines is 1. The normalized spacial score (nSPS) is 10.6. The van der Waals surface area contributed by atoms with E-state index in [2.05, 4.69) is 15.6 Å². The molecule has 0 spiro atoms. The number of nitrogens with one attached hydrogen (secondary N) is 2. The lowest BCUT2D eigenvalue weighted by Gasteiger charge is -2.09. The SMILES string of the molecule is O=C(NC(=S)Nc1nc2ccc(Cl)cc2s1)c1cccc(OCc2ccccc2)c1. The minimum atomic E-state index is -0.332. The second-order valence-corrected chi connectivity index (χ2v) is 8.22. The van der Waals surface area contributed by atoms with E-state index >= 15 is 0 Å². The summed E-state index contributed by atoms with van der Waals surface area (Å²) in [5.41, 5.74) is 2.31. The summed E-state index contributed by atoms with van der Waals surface area (Å²) in [6.45, 7) is 0.424. The van der Waals surface area contributed by atoms with E-state index in [-0.39, 0.29) is 11.0 Å². The van der Waals surface area contributed by atoms with Crippen LogP contribution in [0, 0.1) is 0 Å². The molecule has 8 heteroatoms. The summed E-state index contributed by atoms with van der Waals surface area (Å²) < 4.78 is 6.71. The topological polar surface area (TPSA) is 63.2 Å². The number of thiocarbonyl (C=S) groups is 1. The van der Waals surface area contributed by atoms with E-state index in [9.17, 15) is 4.79 Å². The zero-order chi connectivity index (χ0) is 20.9. The van der Waals surface area contributed by atoms with E-state index in [0.717, 1.165) is 15.8 Å². The van der Waals surface area contributed by atoms with Gasteiger partial charge in [0.05, 0.1) is 10.2 Å². The van der Waals surface area contributed by atoms with E-state index in [4.69, 9.17) is 28.6 Å². The quantitative estimate of drug-likeness (QED) is 0.382. The molecule has 4 aromatic rings. The Bertz CT molecular complexity index is 1210. The molecule has 2 N–H and O–H groups in total. The van der Waals surface area contributed by atoms with Crippen LogP contribution in [0.3, 0.4) is 0 Å². The first-order valence-corrected chi connectivity index (χ1v) is 10.6. The van der Waals surface area contributed by atoms with Crippen molar-refractivity contribution in [3.8, 4) is 5.75 Å². The fourth-order valence-corrected chi connectivity index (χ4v) is 4.12. The highest BCUT2D eigenvalue weighted by Crippen LogP contribution is 2.28. The van der Waals surface area contributed by atoms with Crippen LogP contribution in [0.4, 0.5) is 5.13 Å². The number of aromatic nitrogens is 1. The van der Waals surface area contributed by atoms with Gasteiger partial charge in [-0.1, -0.05) is 59.3 Å². The van der Waals surface area contributed by atoms with Gasteiger partial charge in [-0.05, 0) is 54.2 Å². The van der Waals surface area contributed by atoms with E-state index in [1.807, 2.05) is 48.5 Å². The van der Waals surface area contributed by atoms with Crippen LogP contribution in [-0.4, -0.2) is 16.0 Å². The number of rotatable bonds is 5. The van der Waals surface area contributed by atoms with Crippen LogP contribution in [0.15, 0.2) is 72.8 Å². The highest BCUT2D eigenvalue weighted by Gasteiger charge is 2.11. The summed E-state index contributed by atoms with van der Waals surface area (Å²) in [5.74, 6) is 0.273. The van der Waals surface area contributed by atoms with Gasteiger partial charge in [0.1, 0.15) is 12.4 Å².